The topological polar surface area (TPSA) is 33.4 Å². The number of aryl methyl sites for hydroxylation is 1. The fraction of sp³-hybridized carbons (Fsp3) is 0.474. The Labute approximate surface area is 126 Å². The van der Waals surface area contributed by atoms with Crippen LogP contribution in [-0.4, -0.2) is 5.11 Å². The van der Waals surface area contributed by atoms with Gasteiger partial charge in [-0.05, 0) is 37.7 Å². The summed E-state index contributed by atoms with van der Waals surface area (Å²) in [6.07, 6.45) is 3.09. The van der Waals surface area contributed by atoms with Crippen molar-refractivity contribution in [1.82, 2.24) is 0 Å². The van der Waals surface area contributed by atoms with E-state index in [4.69, 9.17) is 4.42 Å². The molecule has 0 atom stereocenters. The van der Waals surface area contributed by atoms with Gasteiger partial charge in [0.15, 0.2) is 0 Å². The molecule has 112 valence electrons. The summed E-state index contributed by atoms with van der Waals surface area (Å²) in [6, 6.07) is 10.3. The first-order chi connectivity index (χ1) is 9.78. The number of hydrogen-bond acceptors (Lipinski definition) is 2. The van der Waals surface area contributed by atoms with Gasteiger partial charge in [-0.3, -0.25) is 0 Å². The molecule has 0 amide bonds. The highest BCUT2D eigenvalue weighted by atomic mass is 16.4. The number of fused-ring (bicyclic) bond motifs is 1. The molecule has 0 aliphatic heterocycles. The fourth-order valence-electron chi connectivity index (χ4n) is 3.26. The maximum absolute atomic E-state index is 10.5. The number of furan rings is 1. The molecule has 2 aromatic rings. The normalized spacial score (nSPS) is 17.6. The summed E-state index contributed by atoms with van der Waals surface area (Å²) in [7, 11) is 0. The monoisotopic (exact) mass is 284 g/mol. The van der Waals surface area contributed by atoms with Crippen LogP contribution in [0.1, 0.15) is 51.2 Å². The highest BCUT2D eigenvalue weighted by Gasteiger charge is 2.35. The molecule has 1 aliphatic rings. The van der Waals surface area contributed by atoms with E-state index in [2.05, 4.69) is 26.0 Å². The van der Waals surface area contributed by atoms with E-state index in [0.717, 1.165) is 36.1 Å². The molecule has 1 aliphatic carbocycles. The Balaban J connectivity index is 2.23. The molecule has 1 N–H and O–H groups in total. The average molecular weight is 284 g/mol. The van der Waals surface area contributed by atoms with Gasteiger partial charge < -0.3 is 9.52 Å². The molecule has 0 saturated carbocycles. The van der Waals surface area contributed by atoms with Crippen LogP contribution in [0.2, 0.25) is 0 Å². The molecule has 0 bridgehead atoms. The van der Waals surface area contributed by atoms with Gasteiger partial charge in [-0.25, -0.2) is 0 Å². The van der Waals surface area contributed by atoms with Crippen LogP contribution in [0.5, 0.6) is 0 Å². The van der Waals surface area contributed by atoms with Crippen molar-refractivity contribution in [3.8, 4) is 11.1 Å². The predicted octanol–water partition coefficient (Wildman–Crippen LogP) is 4.69. The molecule has 0 fully saturated rings. The van der Waals surface area contributed by atoms with Crippen LogP contribution in [0, 0.1) is 5.41 Å². The zero-order valence-corrected chi connectivity index (χ0v) is 13.4. The minimum atomic E-state index is -0.966. The van der Waals surface area contributed by atoms with E-state index in [0.29, 0.717) is 5.76 Å². The van der Waals surface area contributed by atoms with E-state index in [-0.39, 0.29) is 5.41 Å². The Morgan fingerprint density at radius 2 is 1.81 bits per heavy atom. The van der Waals surface area contributed by atoms with Gasteiger partial charge in [-0.15, -0.1) is 0 Å². The van der Waals surface area contributed by atoms with Crippen molar-refractivity contribution in [2.45, 2.75) is 52.6 Å². The van der Waals surface area contributed by atoms with Gasteiger partial charge in [0.2, 0.25) is 0 Å². The minimum absolute atomic E-state index is 0.289. The standard InChI is InChI=1S/C19H24O2/c1-18(2)11-10-15-14(12-18)16(13-8-6-5-7-9-13)17(21-15)19(3,4)20/h5-9,20H,10-12H2,1-4H3. The van der Waals surface area contributed by atoms with Gasteiger partial charge in [-0.1, -0.05) is 44.2 Å². The average Bonchev–Trinajstić information content (AvgIpc) is 2.77. The molecule has 0 saturated heterocycles. The number of benzene rings is 1. The lowest BCUT2D eigenvalue weighted by Gasteiger charge is -2.29. The summed E-state index contributed by atoms with van der Waals surface area (Å²) in [5, 5.41) is 10.5. The third-order valence-corrected chi connectivity index (χ3v) is 4.39. The first-order valence-electron chi connectivity index (χ1n) is 7.71. The maximum atomic E-state index is 10.5. The van der Waals surface area contributed by atoms with Crippen molar-refractivity contribution >= 4 is 0 Å². The minimum Gasteiger partial charge on any atom is -0.462 e. The Morgan fingerprint density at radius 3 is 2.43 bits per heavy atom. The third-order valence-electron chi connectivity index (χ3n) is 4.39. The van der Waals surface area contributed by atoms with Crippen LogP contribution in [-0.2, 0) is 18.4 Å². The number of rotatable bonds is 2. The van der Waals surface area contributed by atoms with Gasteiger partial charge in [-0.2, -0.15) is 0 Å². The highest BCUT2D eigenvalue weighted by molar-refractivity contribution is 5.72. The molecular formula is C19H24O2. The SMILES string of the molecule is CC1(C)CCc2oc(C(C)(C)O)c(-c3ccccc3)c2C1. The second kappa shape index (κ2) is 4.74. The fourth-order valence-corrected chi connectivity index (χ4v) is 3.26. The van der Waals surface area contributed by atoms with Crippen molar-refractivity contribution in [1.29, 1.82) is 0 Å². The van der Waals surface area contributed by atoms with E-state index in [1.165, 1.54) is 5.56 Å². The lowest BCUT2D eigenvalue weighted by atomic mass is 9.75. The highest BCUT2D eigenvalue weighted by Crippen LogP contribution is 2.45. The summed E-state index contributed by atoms with van der Waals surface area (Å²) in [5.41, 5.74) is 2.85. The van der Waals surface area contributed by atoms with E-state index >= 15 is 0 Å². The first-order valence-corrected chi connectivity index (χ1v) is 7.71. The Bertz CT molecular complexity index is 642. The van der Waals surface area contributed by atoms with Crippen molar-refractivity contribution in [2.75, 3.05) is 0 Å². The van der Waals surface area contributed by atoms with Crippen LogP contribution in [0.15, 0.2) is 34.7 Å². The van der Waals surface area contributed by atoms with Crippen molar-refractivity contribution in [3.05, 3.63) is 47.4 Å². The molecule has 1 aromatic carbocycles. The Kier molecular flexibility index (Phi) is 3.25. The lowest BCUT2D eigenvalue weighted by molar-refractivity contribution is 0.0533. The molecule has 21 heavy (non-hydrogen) atoms. The smallest absolute Gasteiger partial charge is 0.143 e. The molecule has 2 heteroatoms. The Hall–Kier alpha value is -1.54. The second-order valence-corrected chi connectivity index (χ2v) is 7.47. The largest absolute Gasteiger partial charge is 0.462 e. The number of aliphatic hydroxyl groups is 1. The van der Waals surface area contributed by atoms with Crippen LogP contribution < -0.4 is 0 Å². The third kappa shape index (κ3) is 2.65. The summed E-state index contributed by atoms with van der Waals surface area (Å²) in [5.74, 6) is 1.77. The van der Waals surface area contributed by atoms with Gasteiger partial charge in [0, 0.05) is 17.5 Å². The summed E-state index contributed by atoms with van der Waals surface area (Å²) < 4.78 is 6.10. The maximum Gasteiger partial charge on any atom is 0.143 e. The van der Waals surface area contributed by atoms with Crippen LogP contribution in [0.25, 0.3) is 11.1 Å². The van der Waals surface area contributed by atoms with Gasteiger partial charge in [0.1, 0.15) is 17.1 Å². The molecule has 0 spiro atoms. The second-order valence-electron chi connectivity index (χ2n) is 7.47. The molecule has 2 nitrogen and oxygen atoms in total. The van der Waals surface area contributed by atoms with Crippen LogP contribution in [0.3, 0.4) is 0 Å². The number of hydrogen-bond donors (Lipinski definition) is 1. The quantitative estimate of drug-likeness (QED) is 0.868. The first kappa shape index (κ1) is 14.4. The van der Waals surface area contributed by atoms with E-state index in [1.54, 1.807) is 13.8 Å². The van der Waals surface area contributed by atoms with Crippen LogP contribution >= 0.6 is 0 Å². The Morgan fingerprint density at radius 1 is 1.14 bits per heavy atom. The van der Waals surface area contributed by atoms with Gasteiger partial charge in [0.25, 0.3) is 0 Å². The molecular weight excluding hydrogens is 260 g/mol. The summed E-state index contributed by atoms with van der Waals surface area (Å²) in [6.45, 7) is 8.21. The van der Waals surface area contributed by atoms with Crippen LogP contribution in [0.4, 0.5) is 0 Å². The van der Waals surface area contributed by atoms with Crippen molar-refractivity contribution < 1.29 is 9.52 Å². The zero-order chi connectivity index (χ0) is 15.3. The van der Waals surface area contributed by atoms with Gasteiger partial charge in [0.05, 0.1) is 0 Å². The summed E-state index contributed by atoms with van der Waals surface area (Å²) in [4.78, 5) is 0. The van der Waals surface area contributed by atoms with Crippen molar-refractivity contribution in [3.63, 3.8) is 0 Å². The molecule has 1 aromatic heterocycles. The van der Waals surface area contributed by atoms with E-state index in [9.17, 15) is 5.11 Å². The summed E-state index contributed by atoms with van der Waals surface area (Å²) >= 11 is 0. The molecule has 1 heterocycles. The lowest BCUT2D eigenvalue weighted by Crippen LogP contribution is -2.21. The van der Waals surface area contributed by atoms with E-state index in [1.807, 2.05) is 18.2 Å². The van der Waals surface area contributed by atoms with Gasteiger partial charge >= 0.3 is 0 Å². The predicted molar refractivity (Wildman–Crippen MR) is 85.2 cm³/mol. The van der Waals surface area contributed by atoms with Crippen molar-refractivity contribution in [2.24, 2.45) is 5.41 Å². The zero-order valence-electron chi connectivity index (χ0n) is 13.4. The molecule has 3 rings (SSSR count). The molecule has 0 radical (unpaired) electrons. The molecule has 0 unspecified atom stereocenters. The van der Waals surface area contributed by atoms with E-state index < -0.39 is 5.60 Å².